The molecular weight excluding hydrogens is 344 g/mol. The van der Waals surface area contributed by atoms with Gasteiger partial charge in [0.05, 0.1) is 18.7 Å². The molecule has 0 amide bonds. The highest BCUT2D eigenvalue weighted by molar-refractivity contribution is 6.05. The van der Waals surface area contributed by atoms with E-state index in [0.29, 0.717) is 36.3 Å². The summed E-state index contributed by atoms with van der Waals surface area (Å²) in [4.78, 5) is 24.3. The lowest BCUT2D eigenvalue weighted by Gasteiger charge is -2.20. The molecule has 1 aromatic carbocycles. The highest BCUT2D eigenvalue weighted by atomic mass is 16.6. The molecule has 0 radical (unpaired) electrons. The van der Waals surface area contributed by atoms with E-state index in [1.54, 1.807) is 32.9 Å². The van der Waals surface area contributed by atoms with Gasteiger partial charge in [0.25, 0.3) is 0 Å². The first-order valence-corrected chi connectivity index (χ1v) is 8.82. The summed E-state index contributed by atoms with van der Waals surface area (Å²) >= 11 is 0. The summed E-state index contributed by atoms with van der Waals surface area (Å²) in [5, 5.41) is 10.6. The fourth-order valence-electron chi connectivity index (χ4n) is 3.36. The number of aldehydes is 1. The maximum absolute atomic E-state index is 12.9. The molecule has 2 heterocycles. The number of hydrogen-bond acceptors (Lipinski definition) is 5. The molecule has 1 aromatic heterocycles. The van der Waals surface area contributed by atoms with Crippen LogP contribution in [-0.4, -0.2) is 35.8 Å². The average molecular weight is 366 g/mol. The van der Waals surface area contributed by atoms with Gasteiger partial charge in [-0.25, -0.2) is 9.36 Å². The molecule has 1 aliphatic rings. The first-order chi connectivity index (χ1) is 12.8. The van der Waals surface area contributed by atoms with Gasteiger partial charge < -0.3 is 9.47 Å². The molecule has 0 saturated carbocycles. The van der Waals surface area contributed by atoms with E-state index >= 15 is 0 Å². The molecule has 0 saturated heterocycles. The first kappa shape index (κ1) is 18.9. The highest BCUT2D eigenvalue weighted by Crippen LogP contribution is 2.37. The normalized spacial score (nSPS) is 14.6. The van der Waals surface area contributed by atoms with E-state index in [0.717, 1.165) is 22.8 Å². The van der Waals surface area contributed by atoms with E-state index in [1.807, 2.05) is 13.0 Å². The van der Waals surface area contributed by atoms with E-state index in [4.69, 9.17) is 9.47 Å². The monoisotopic (exact) mass is 366 g/mol. The van der Waals surface area contributed by atoms with Crippen LogP contribution in [0.3, 0.4) is 0 Å². The number of ether oxygens (including phenoxy) is 2. The third-order valence-corrected chi connectivity index (χ3v) is 4.53. The zero-order chi connectivity index (χ0) is 19.8. The molecule has 27 heavy (non-hydrogen) atoms. The molecule has 0 N–H and O–H groups in total. The molecule has 6 nitrogen and oxygen atoms in total. The van der Waals surface area contributed by atoms with Crippen molar-refractivity contribution in [2.75, 3.05) is 13.2 Å². The number of carbonyl (C=O) groups excluding carboxylic acids is 2. The average Bonchev–Trinajstić information content (AvgIpc) is 2.96. The first-order valence-electron chi connectivity index (χ1n) is 8.82. The number of carbonyl (C=O) groups is 2. The van der Waals surface area contributed by atoms with Crippen LogP contribution in [0.15, 0.2) is 18.2 Å². The van der Waals surface area contributed by atoms with Gasteiger partial charge in [0.1, 0.15) is 23.7 Å². The summed E-state index contributed by atoms with van der Waals surface area (Å²) in [6, 6.07) is 5.53. The quantitative estimate of drug-likeness (QED) is 0.743. The van der Waals surface area contributed by atoms with Crippen LogP contribution in [0.25, 0.3) is 16.5 Å². The van der Waals surface area contributed by atoms with E-state index in [-0.39, 0.29) is 5.69 Å². The standard InChI is InChI=1S/C21H22N2O4/c1-13-15(12-24)5-6-16-18(13)19(14-7-9-26-10-8-14)17(11-22)23(16)20(25)27-21(2,3)4/h5-7,12H,8-10H2,1-4H3. The smallest absolute Gasteiger partial charge is 0.420 e. The van der Waals surface area contributed by atoms with Crippen LogP contribution in [0.5, 0.6) is 0 Å². The van der Waals surface area contributed by atoms with Gasteiger partial charge in [-0.3, -0.25) is 4.79 Å². The summed E-state index contributed by atoms with van der Waals surface area (Å²) in [5.41, 5.74) is 2.98. The van der Waals surface area contributed by atoms with Crippen molar-refractivity contribution < 1.29 is 19.1 Å². The number of nitrogens with zero attached hydrogens (tertiary/aromatic N) is 2. The maximum atomic E-state index is 12.9. The SMILES string of the molecule is Cc1c(C=O)ccc2c1c(C1=CCOCC1)c(C#N)n2C(=O)OC(C)(C)C. The Morgan fingerprint density at radius 1 is 1.37 bits per heavy atom. The summed E-state index contributed by atoms with van der Waals surface area (Å²) in [7, 11) is 0. The largest absolute Gasteiger partial charge is 0.443 e. The van der Waals surface area contributed by atoms with Crippen LogP contribution in [0.4, 0.5) is 4.79 Å². The van der Waals surface area contributed by atoms with Gasteiger partial charge in [-0.15, -0.1) is 0 Å². The Hall–Kier alpha value is -2.91. The van der Waals surface area contributed by atoms with Crippen LogP contribution in [0.1, 0.15) is 54.4 Å². The van der Waals surface area contributed by atoms with Crippen molar-refractivity contribution in [3.63, 3.8) is 0 Å². The number of hydrogen-bond donors (Lipinski definition) is 0. The van der Waals surface area contributed by atoms with Crippen LogP contribution in [-0.2, 0) is 9.47 Å². The fraction of sp³-hybridized carbons (Fsp3) is 0.381. The minimum Gasteiger partial charge on any atom is -0.443 e. The lowest BCUT2D eigenvalue weighted by molar-refractivity contribution is 0.0543. The number of nitriles is 1. The Morgan fingerprint density at radius 2 is 2.11 bits per heavy atom. The third-order valence-electron chi connectivity index (χ3n) is 4.53. The zero-order valence-corrected chi connectivity index (χ0v) is 16.0. The number of rotatable bonds is 2. The second kappa shape index (κ2) is 7.01. The van der Waals surface area contributed by atoms with Gasteiger partial charge in [0.15, 0.2) is 0 Å². The van der Waals surface area contributed by atoms with Gasteiger partial charge in [-0.1, -0.05) is 6.08 Å². The molecular formula is C21H22N2O4. The number of fused-ring (bicyclic) bond motifs is 1. The lowest BCUT2D eigenvalue weighted by atomic mass is 9.94. The lowest BCUT2D eigenvalue weighted by Crippen LogP contribution is -2.27. The van der Waals surface area contributed by atoms with Crippen LogP contribution in [0, 0.1) is 18.3 Å². The molecule has 3 rings (SSSR count). The Kier molecular flexibility index (Phi) is 4.90. The third kappa shape index (κ3) is 3.38. The molecule has 0 fully saturated rings. The van der Waals surface area contributed by atoms with Crippen LogP contribution < -0.4 is 0 Å². The predicted molar refractivity (Wildman–Crippen MR) is 102 cm³/mol. The molecule has 2 aromatic rings. The van der Waals surface area contributed by atoms with Gasteiger partial charge in [-0.2, -0.15) is 5.26 Å². The van der Waals surface area contributed by atoms with Crippen molar-refractivity contribution in [2.45, 2.75) is 39.7 Å². The predicted octanol–water partition coefficient (Wildman–Crippen LogP) is 4.22. The maximum Gasteiger partial charge on any atom is 0.420 e. The number of aromatic nitrogens is 1. The number of benzene rings is 1. The zero-order valence-electron chi connectivity index (χ0n) is 16.0. The summed E-state index contributed by atoms with van der Waals surface area (Å²) in [6.45, 7) is 8.16. The molecule has 6 heteroatoms. The Bertz CT molecular complexity index is 1000. The topological polar surface area (TPSA) is 81.3 Å². The molecule has 0 aliphatic carbocycles. The van der Waals surface area contributed by atoms with Crippen molar-refractivity contribution in [2.24, 2.45) is 0 Å². The van der Waals surface area contributed by atoms with E-state index < -0.39 is 11.7 Å². The van der Waals surface area contributed by atoms with Crippen molar-refractivity contribution in [1.29, 1.82) is 5.26 Å². The summed E-state index contributed by atoms with van der Waals surface area (Å²) in [6.07, 6.45) is 2.73. The minimum atomic E-state index is -0.698. The second-order valence-corrected chi connectivity index (χ2v) is 7.50. The van der Waals surface area contributed by atoms with Crippen molar-refractivity contribution in [3.05, 3.63) is 40.6 Å². The number of aryl methyl sites for hydroxylation is 1. The van der Waals surface area contributed by atoms with E-state index in [2.05, 4.69) is 6.07 Å². The van der Waals surface area contributed by atoms with Crippen molar-refractivity contribution >= 4 is 28.9 Å². The van der Waals surface area contributed by atoms with Crippen LogP contribution >= 0.6 is 0 Å². The molecule has 0 spiro atoms. The van der Waals surface area contributed by atoms with Gasteiger partial charge in [0.2, 0.25) is 0 Å². The van der Waals surface area contributed by atoms with E-state index in [1.165, 1.54) is 4.57 Å². The van der Waals surface area contributed by atoms with Gasteiger partial charge in [0, 0.05) is 16.5 Å². The Balaban J connectivity index is 2.38. The van der Waals surface area contributed by atoms with Crippen molar-refractivity contribution in [1.82, 2.24) is 4.57 Å². The highest BCUT2D eigenvalue weighted by Gasteiger charge is 2.28. The molecule has 0 atom stereocenters. The molecule has 1 aliphatic heterocycles. The molecule has 140 valence electrons. The fourth-order valence-corrected chi connectivity index (χ4v) is 3.36. The van der Waals surface area contributed by atoms with Gasteiger partial charge in [-0.05, 0) is 57.4 Å². The molecule has 0 unspecified atom stereocenters. The summed E-state index contributed by atoms with van der Waals surface area (Å²) in [5.74, 6) is 0. The Labute approximate surface area is 158 Å². The Morgan fingerprint density at radius 3 is 2.67 bits per heavy atom. The minimum absolute atomic E-state index is 0.221. The van der Waals surface area contributed by atoms with E-state index in [9.17, 15) is 14.9 Å². The second-order valence-electron chi connectivity index (χ2n) is 7.50. The van der Waals surface area contributed by atoms with Crippen molar-refractivity contribution in [3.8, 4) is 6.07 Å². The van der Waals surface area contributed by atoms with Gasteiger partial charge >= 0.3 is 6.09 Å². The molecule has 0 bridgehead atoms. The summed E-state index contributed by atoms with van der Waals surface area (Å²) < 4.78 is 12.2. The van der Waals surface area contributed by atoms with Crippen LogP contribution in [0.2, 0.25) is 0 Å².